The van der Waals surface area contributed by atoms with E-state index < -0.39 is 25.9 Å². The zero-order valence-electron chi connectivity index (χ0n) is 16.2. The van der Waals surface area contributed by atoms with Crippen molar-refractivity contribution in [3.8, 4) is 17.2 Å². The predicted octanol–water partition coefficient (Wildman–Crippen LogP) is 3.03. The maximum absolute atomic E-state index is 12.2. The van der Waals surface area contributed by atoms with E-state index in [0.717, 1.165) is 6.42 Å². The van der Waals surface area contributed by atoms with Crippen molar-refractivity contribution < 1.29 is 33.1 Å². The van der Waals surface area contributed by atoms with Gasteiger partial charge in [0.2, 0.25) is 5.91 Å². The first-order valence-corrected chi connectivity index (χ1v) is 10.4. The van der Waals surface area contributed by atoms with Crippen LogP contribution in [-0.4, -0.2) is 34.4 Å². The molecule has 0 saturated heterocycles. The largest absolute Gasteiger partial charge is 0.493 e. The molecule has 0 fully saturated rings. The minimum Gasteiger partial charge on any atom is -0.493 e. The third-order valence-corrected chi connectivity index (χ3v) is 4.14. The van der Waals surface area contributed by atoms with Crippen molar-refractivity contribution in [1.82, 2.24) is 0 Å². The van der Waals surface area contributed by atoms with Gasteiger partial charge in [-0.1, -0.05) is 13.0 Å². The standard InChI is InChI=1S/C19H25N2O7P/c1-3-11-26-16-5-4-6-17(12-16)28-15-9-7-14(8-10-15)21-18(22)19(2,20)13-27-29(23,24)25/h4-10,12H,3,11,13,20H2,1-2H3,(H,21,22)(H2,23,24,25)/t19-/m0/s1. The van der Waals surface area contributed by atoms with Crippen LogP contribution in [0.2, 0.25) is 0 Å². The zero-order chi connectivity index (χ0) is 21.5. The topological polar surface area (TPSA) is 140 Å². The Morgan fingerprint density at radius 3 is 2.41 bits per heavy atom. The predicted molar refractivity (Wildman–Crippen MR) is 108 cm³/mol. The van der Waals surface area contributed by atoms with E-state index >= 15 is 0 Å². The molecule has 1 amide bonds. The average molecular weight is 424 g/mol. The monoisotopic (exact) mass is 424 g/mol. The van der Waals surface area contributed by atoms with E-state index in [4.69, 9.17) is 25.0 Å². The summed E-state index contributed by atoms with van der Waals surface area (Å²) in [6.07, 6.45) is 0.908. The zero-order valence-corrected chi connectivity index (χ0v) is 17.1. The highest BCUT2D eigenvalue weighted by Crippen LogP contribution is 2.36. The van der Waals surface area contributed by atoms with Crippen molar-refractivity contribution >= 4 is 19.4 Å². The molecule has 0 radical (unpaired) electrons. The maximum atomic E-state index is 12.2. The van der Waals surface area contributed by atoms with Crippen LogP contribution < -0.4 is 20.5 Å². The quantitative estimate of drug-likeness (QED) is 0.427. The molecule has 1 atom stereocenters. The molecule has 0 bridgehead atoms. The molecule has 0 saturated carbocycles. The second-order valence-corrected chi connectivity index (χ2v) is 7.82. The van der Waals surface area contributed by atoms with Crippen molar-refractivity contribution in [2.75, 3.05) is 18.5 Å². The van der Waals surface area contributed by atoms with Gasteiger partial charge in [0.25, 0.3) is 0 Å². The van der Waals surface area contributed by atoms with E-state index in [1.54, 1.807) is 36.4 Å². The first-order chi connectivity index (χ1) is 13.6. The summed E-state index contributed by atoms with van der Waals surface area (Å²) < 4.78 is 26.5. The van der Waals surface area contributed by atoms with Gasteiger partial charge in [-0.3, -0.25) is 9.32 Å². The van der Waals surface area contributed by atoms with Crippen molar-refractivity contribution in [2.24, 2.45) is 5.73 Å². The molecule has 158 valence electrons. The number of amides is 1. The second kappa shape index (κ2) is 9.87. The van der Waals surface area contributed by atoms with Crippen LogP contribution in [0.15, 0.2) is 48.5 Å². The minimum absolute atomic E-state index is 0.440. The molecule has 2 aromatic rings. The molecule has 29 heavy (non-hydrogen) atoms. The lowest BCUT2D eigenvalue weighted by molar-refractivity contribution is -0.121. The number of hydrogen-bond donors (Lipinski definition) is 4. The van der Waals surface area contributed by atoms with Gasteiger partial charge >= 0.3 is 7.82 Å². The Morgan fingerprint density at radius 2 is 1.79 bits per heavy atom. The third kappa shape index (κ3) is 7.84. The Bertz CT molecular complexity index is 865. The molecule has 9 nitrogen and oxygen atoms in total. The van der Waals surface area contributed by atoms with Crippen LogP contribution >= 0.6 is 7.82 Å². The molecule has 0 aliphatic heterocycles. The number of carbonyl (C=O) groups excluding carboxylic acids is 1. The Morgan fingerprint density at radius 1 is 1.14 bits per heavy atom. The van der Waals surface area contributed by atoms with Gasteiger partial charge in [0.15, 0.2) is 0 Å². The molecular formula is C19H25N2O7P. The molecule has 5 N–H and O–H groups in total. The van der Waals surface area contributed by atoms with Crippen LogP contribution in [-0.2, 0) is 13.9 Å². The van der Waals surface area contributed by atoms with Crippen molar-refractivity contribution in [1.29, 1.82) is 0 Å². The first kappa shape index (κ1) is 22.9. The highest BCUT2D eigenvalue weighted by molar-refractivity contribution is 7.46. The Kier molecular flexibility index (Phi) is 7.78. The number of rotatable bonds is 10. The number of phosphoric acid groups is 1. The first-order valence-electron chi connectivity index (χ1n) is 8.90. The number of phosphoric ester groups is 1. The number of anilines is 1. The molecule has 0 spiro atoms. The SMILES string of the molecule is CCCOc1cccc(Oc2ccc(NC(=O)[C@@](C)(N)COP(=O)(O)O)cc2)c1. The van der Waals surface area contributed by atoms with E-state index in [-0.39, 0.29) is 0 Å². The highest BCUT2D eigenvalue weighted by atomic mass is 31.2. The average Bonchev–Trinajstić information content (AvgIpc) is 2.66. The summed E-state index contributed by atoms with van der Waals surface area (Å²) in [7, 11) is -4.72. The number of carbonyl (C=O) groups is 1. The molecule has 2 aromatic carbocycles. The van der Waals surface area contributed by atoms with Gasteiger partial charge in [-0.2, -0.15) is 0 Å². The molecular weight excluding hydrogens is 399 g/mol. The summed E-state index contributed by atoms with van der Waals surface area (Å²) in [5, 5.41) is 2.57. The van der Waals surface area contributed by atoms with Crippen LogP contribution in [0.25, 0.3) is 0 Å². The molecule has 2 rings (SSSR count). The number of nitrogens with one attached hydrogen (secondary N) is 1. The van der Waals surface area contributed by atoms with Gasteiger partial charge in [0.1, 0.15) is 22.8 Å². The van der Waals surface area contributed by atoms with Crippen molar-refractivity contribution in [3.05, 3.63) is 48.5 Å². The van der Waals surface area contributed by atoms with Gasteiger partial charge in [-0.25, -0.2) is 4.57 Å². The van der Waals surface area contributed by atoms with Crippen LogP contribution in [0.5, 0.6) is 17.2 Å². The van der Waals surface area contributed by atoms with Crippen LogP contribution in [0.1, 0.15) is 20.3 Å². The fourth-order valence-corrected chi connectivity index (χ4v) is 2.58. The summed E-state index contributed by atoms with van der Waals surface area (Å²) in [6.45, 7) is 3.32. The fraction of sp³-hybridized carbons (Fsp3) is 0.316. The molecule has 10 heteroatoms. The Labute approximate surface area is 169 Å². The van der Waals surface area contributed by atoms with Gasteiger partial charge in [0, 0.05) is 11.8 Å². The van der Waals surface area contributed by atoms with E-state index in [1.807, 2.05) is 19.1 Å². The smallest absolute Gasteiger partial charge is 0.469 e. The third-order valence-electron chi connectivity index (χ3n) is 3.68. The Balaban J connectivity index is 1.96. The number of ether oxygens (including phenoxy) is 2. The summed E-state index contributed by atoms with van der Waals surface area (Å²) >= 11 is 0. The van der Waals surface area contributed by atoms with Crippen molar-refractivity contribution in [2.45, 2.75) is 25.8 Å². The molecule has 0 aliphatic rings. The normalized spacial score (nSPS) is 13.4. The molecule has 0 aliphatic carbocycles. The second-order valence-electron chi connectivity index (χ2n) is 6.59. The van der Waals surface area contributed by atoms with Gasteiger partial charge < -0.3 is 30.3 Å². The molecule has 0 aromatic heterocycles. The molecule has 0 heterocycles. The minimum atomic E-state index is -4.72. The molecule has 0 unspecified atom stereocenters. The highest BCUT2D eigenvalue weighted by Gasteiger charge is 2.32. The summed E-state index contributed by atoms with van der Waals surface area (Å²) in [6, 6.07) is 13.8. The lowest BCUT2D eigenvalue weighted by Crippen LogP contribution is -2.52. The van der Waals surface area contributed by atoms with E-state index in [9.17, 15) is 9.36 Å². The van der Waals surface area contributed by atoms with E-state index in [2.05, 4.69) is 9.84 Å². The number of benzene rings is 2. The lowest BCUT2D eigenvalue weighted by Gasteiger charge is -2.23. The van der Waals surface area contributed by atoms with Gasteiger partial charge in [-0.05, 0) is 49.7 Å². The maximum Gasteiger partial charge on any atom is 0.469 e. The van der Waals surface area contributed by atoms with E-state index in [0.29, 0.717) is 29.5 Å². The van der Waals surface area contributed by atoms with E-state index in [1.165, 1.54) is 6.92 Å². The summed E-state index contributed by atoms with van der Waals surface area (Å²) in [5.74, 6) is 1.23. The van der Waals surface area contributed by atoms with Gasteiger partial charge in [-0.15, -0.1) is 0 Å². The van der Waals surface area contributed by atoms with Gasteiger partial charge in [0.05, 0.1) is 13.2 Å². The fourth-order valence-electron chi connectivity index (χ4n) is 2.15. The lowest BCUT2D eigenvalue weighted by atomic mass is 10.0. The van der Waals surface area contributed by atoms with Crippen molar-refractivity contribution in [3.63, 3.8) is 0 Å². The van der Waals surface area contributed by atoms with Crippen LogP contribution in [0.3, 0.4) is 0 Å². The number of nitrogens with two attached hydrogens (primary N) is 1. The number of hydrogen-bond acceptors (Lipinski definition) is 6. The summed E-state index contributed by atoms with van der Waals surface area (Å²) in [4.78, 5) is 29.7. The van der Waals surface area contributed by atoms with Crippen LogP contribution in [0, 0.1) is 0 Å². The Hall–Kier alpha value is -2.42. The summed E-state index contributed by atoms with van der Waals surface area (Å²) in [5.41, 5.74) is 4.59. The van der Waals surface area contributed by atoms with Crippen LogP contribution in [0.4, 0.5) is 5.69 Å².